The summed E-state index contributed by atoms with van der Waals surface area (Å²) in [6, 6.07) is 4.15. The molecule has 0 spiro atoms. The third-order valence-corrected chi connectivity index (χ3v) is 5.41. The van der Waals surface area contributed by atoms with Gasteiger partial charge in [0.25, 0.3) is 0 Å². The Kier molecular flexibility index (Phi) is 5.81. The van der Waals surface area contributed by atoms with Crippen LogP contribution in [0, 0.1) is 0 Å². The number of aromatic nitrogens is 2. The normalized spacial score (nSPS) is 10.6. The van der Waals surface area contributed by atoms with Crippen molar-refractivity contribution in [3.63, 3.8) is 0 Å². The molecule has 0 atom stereocenters. The summed E-state index contributed by atoms with van der Waals surface area (Å²) in [6.07, 6.45) is 2.48. The largest absolute Gasteiger partial charge is 0.301 e. The number of amides is 1. The van der Waals surface area contributed by atoms with Crippen molar-refractivity contribution in [3.05, 3.63) is 22.4 Å². The fourth-order valence-electron chi connectivity index (χ4n) is 1.37. The Morgan fingerprint density at radius 3 is 3.11 bits per heavy atom. The van der Waals surface area contributed by atoms with E-state index in [2.05, 4.69) is 33.9 Å². The summed E-state index contributed by atoms with van der Waals surface area (Å²) >= 11 is 4.81. The van der Waals surface area contributed by atoms with Crippen LogP contribution >= 0.6 is 34.4 Å². The average molecular weight is 313 g/mol. The number of carbonyl (C=O) groups excluding carboxylic acids is 1. The topological polar surface area (TPSA) is 54.9 Å². The van der Waals surface area contributed by atoms with E-state index in [9.17, 15) is 4.79 Å². The lowest BCUT2D eigenvalue weighted by Crippen LogP contribution is -2.10. The second-order valence-corrected chi connectivity index (χ2v) is 7.13. The van der Waals surface area contributed by atoms with Crippen molar-refractivity contribution < 1.29 is 4.79 Å². The van der Waals surface area contributed by atoms with Gasteiger partial charge in [-0.25, -0.2) is 0 Å². The molecule has 0 bridgehead atoms. The van der Waals surface area contributed by atoms with Crippen molar-refractivity contribution in [2.75, 3.05) is 5.32 Å². The smallest absolute Gasteiger partial charge is 0.226 e. The lowest BCUT2D eigenvalue weighted by Gasteiger charge is -1.98. The van der Waals surface area contributed by atoms with Gasteiger partial charge in [0.1, 0.15) is 0 Å². The Labute approximate surface area is 124 Å². The monoisotopic (exact) mass is 313 g/mol. The number of rotatable bonds is 7. The highest BCUT2D eigenvalue weighted by atomic mass is 32.2. The zero-order valence-corrected chi connectivity index (χ0v) is 13.0. The Bertz CT molecular complexity index is 510. The molecule has 2 aromatic rings. The molecule has 0 radical (unpaired) electrons. The fourth-order valence-corrected chi connectivity index (χ4v) is 3.91. The number of nitrogens with zero attached hydrogens (tertiary/aromatic N) is 2. The standard InChI is InChI=1S/C12H15N3OS3/c1-2-3-6-10(16)13-11-14-15-12(19-11)18-8-9-5-4-7-17-9/h4-5,7H,2-3,6,8H2,1H3,(H,13,14,16). The van der Waals surface area contributed by atoms with E-state index in [0.717, 1.165) is 22.9 Å². The molecule has 4 nitrogen and oxygen atoms in total. The zero-order valence-electron chi connectivity index (χ0n) is 10.6. The summed E-state index contributed by atoms with van der Waals surface area (Å²) in [5.74, 6) is 0.920. The maximum Gasteiger partial charge on any atom is 0.226 e. The SMILES string of the molecule is CCCCC(=O)Nc1nnc(SCc2cccs2)s1. The van der Waals surface area contributed by atoms with Crippen LogP contribution in [0.2, 0.25) is 0 Å². The molecular formula is C12H15N3OS3. The van der Waals surface area contributed by atoms with Crippen LogP contribution < -0.4 is 5.32 Å². The van der Waals surface area contributed by atoms with Crippen LogP contribution in [0.4, 0.5) is 5.13 Å². The van der Waals surface area contributed by atoms with E-state index in [0.29, 0.717) is 11.6 Å². The van der Waals surface area contributed by atoms with E-state index in [1.165, 1.54) is 16.2 Å². The van der Waals surface area contributed by atoms with Crippen molar-refractivity contribution in [1.29, 1.82) is 0 Å². The van der Waals surface area contributed by atoms with Gasteiger partial charge in [0.05, 0.1) is 0 Å². The number of anilines is 1. The second-order valence-electron chi connectivity index (χ2n) is 3.89. The first kappa shape index (κ1) is 14.5. The van der Waals surface area contributed by atoms with E-state index in [1.54, 1.807) is 23.1 Å². The minimum absolute atomic E-state index is 0.0211. The van der Waals surface area contributed by atoms with Crippen LogP contribution in [0.5, 0.6) is 0 Å². The Morgan fingerprint density at radius 2 is 2.37 bits per heavy atom. The highest BCUT2D eigenvalue weighted by Crippen LogP contribution is 2.29. The Balaban J connectivity index is 1.80. The van der Waals surface area contributed by atoms with Crippen LogP contribution in [0.1, 0.15) is 31.1 Å². The molecule has 0 fully saturated rings. The van der Waals surface area contributed by atoms with E-state index in [-0.39, 0.29) is 5.91 Å². The summed E-state index contributed by atoms with van der Waals surface area (Å²) in [7, 11) is 0. The fraction of sp³-hybridized carbons (Fsp3) is 0.417. The number of nitrogens with one attached hydrogen (secondary N) is 1. The van der Waals surface area contributed by atoms with Crippen LogP contribution in [0.15, 0.2) is 21.9 Å². The molecule has 0 aromatic carbocycles. The van der Waals surface area contributed by atoms with Crippen LogP contribution in [0.3, 0.4) is 0 Å². The minimum atomic E-state index is 0.0211. The van der Waals surface area contributed by atoms with Gasteiger partial charge in [0.15, 0.2) is 4.34 Å². The van der Waals surface area contributed by atoms with Crippen molar-refractivity contribution in [1.82, 2.24) is 10.2 Å². The summed E-state index contributed by atoms with van der Waals surface area (Å²) in [5, 5.41) is 13.5. The van der Waals surface area contributed by atoms with Gasteiger partial charge in [-0.3, -0.25) is 4.79 Å². The highest BCUT2D eigenvalue weighted by molar-refractivity contribution is 8.00. The number of carbonyl (C=O) groups is 1. The summed E-state index contributed by atoms with van der Waals surface area (Å²) < 4.78 is 0.888. The van der Waals surface area contributed by atoms with Gasteiger partial charge in [-0.15, -0.1) is 21.5 Å². The number of thioether (sulfide) groups is 1. The van der Waals surface area contributed by atoms with Gasteiger partial charge < -0.3 is 5.32 Å². The van der Waals surface area contributed by atoms with Gasteiger partial charge >= 0.3 is 0 Å². The molecule has 7 heteroatoms. The number of hydrogen-bond donors (Lipinski definition) is 1. The zero-order chi connectivity index (χ0) is 13.5. The van der Waals surface area contributed by atoms with Crippen LogP contribution in [-0.4, -0.2) is 16.1 Å². The van der Waals surface area contributed by atoms with Gasteiger partial charge in [0, 0.05) is 17.1 Å². The molecule has 0 aliphatic carbocycles. The molecule has 1 N–H and O–H groups in total. The molecule has 1 amide bonds. The van der Waals surface area contributed by atoms with Crippen LogP contribution in [-0.2, 0) is 10.5 Å². The van der Waals surface area contributed by atoms with Gasteiger partial charge in [-0.05, 0) is 17.9 Å². The molecule has 0 saturated carbocycles. The number of unbranched alkanes of at least 4 members (excludes halogenated alkanes) is 1. The highest BCUT2D eigenvalue weighted by Gasteiger charge is 2.08. The van der Waals surface area contributed by atoms with E-state index >= 15 is 0 Å². The quantitative estimate of drug-likeness (QED) is 0.619. The molecule has 2 heterocycles. The average Bonchev–Trinajstić information content (AvgIpc) is 3.05. The maximum absolute atomic E-state index is 11.5. The first-order valence-electron chi connectivity index (χ1n) is 6.06. The third kappa shape index (κ3) is 4.93. The van der Waals surface area contributed by atoms with Crippen molar-refractivity contribution >= 4 is 45.5 Å². The Hall–Kier alpha value is -0.920. The lowest BCUT2D eigenvalue weighted by molar-refractivity contribution is -0.116. The predicted molar refractivity (Wildman–Crippen MR) is 81.9 cm³/mol. The number of thiophene rings is 1. The second kappa shape index (κ2) is 7.62. The van der Waals surface area contributed by atoms with E-state index < -0.39 is 0 Å². The Morgan fingerprint density at radius 1 is 1.47 bits per heavy atom. The van der Waals surface area contributed by atoms with Gasteiger partial charge in [-0.2, -0.15) is 0 Å². The molecule has 19 heavy (non-hydrogen) atoms. The first-order chi connectivity index (χ1) is 9.28. The van der Waals surface area contributed by atoms with Crippen LogP contribution in [0.25, 0.3) is 0 Å². The molecule has 2 rings (SSSR count). The first-order valence-corrected chi connectivity index (χ1v) is 8.74. The van der Waals surface area contributed by atoms with Gasteiger partial charge in [-0.1, -0.05) is 42.5 Å². The molecular weight excluding hydrogens is 298 g/mol. The summed E-state index contributed by atoms with van der Waals surface area (Å²) in [6.45, 7) is 2.07. The summed E-state index contributed by atoms with van der Waals surface area (Å²) in [5.41, 5.74) is 0. The molecule has 0 saturated heterocycles. The number of hydrogen-bond acceptors (Lipinski definition) is 6. The molecule has 2 aromatic heterocycles. The summed E-state index contributed by atoms with van der Waals surface area (Å²) in [4.78, 5) is 12.9. The minimum Gasteiger partial charge on any atom is -0.301 e. The molecule has 0 aliphatic heterocycles. The van der Waals surface area contributed by atoms with Gasteiger partial charge in [0.2, 0.25) is 11.0 Å². The third-order valence-electron chi connectivity index (χ3n) is 2.33. The van der Waals surface area contributed by atoms with E-state index in [4.69, 9.17) is 0 Å². The maximum atomic E-state index is 11.5. The van der Waals surface area contributed by atoms with Crippen molar-refractivity contribution in [3.8, 4) is 0 Å². The lowest BCUT2D eigenvalue weighted by atomic mass is 10.2. The van der Waals surface area contributed by atoms with E-state index in [1.807, 2.05) is 6.07 Å². The van der Waals surface area contributed by atoms with Crippen molar-refractivity contribution in [2.24, 2.45) is 0 Å². The molecule has 102 valence electrons. The van der Waals surface area contributed by atoms with Crippen molar-refractivity contribution in [2.45, 2.75) is 36.3 Å². The predicted octanol–water partition coefficient (Wildman–Crippen LogP) is 4.02. The molecule has 0 unspecified atom stereocenters. The molecule has 0 aliphatic rings.